The Labute approximate surface area is 165 Å². The number of hydrogen-bond acceptors (Lipinski definition) is 1. The Morgan fingerprint density at radius 2 is 1.85 bits per heavy atom. The minimum Gasteiger partial charge on any atom is -0.373 e. The molecule has 1 nitrogen and oxygen atoms in total. The van der Waals surface area contributed by atoms with Crippen LogP contribution in [0.15, 0.2) is 53.0 Å². The number of fused-ring (bicyclic) bond motifs is 5. The van der Waals surface area contributed by atoms with Crippen LogP contribution in [0.1, 0.15) is 55.9 Å². The van der Waals surface area contributed by atoms with Crippen LogP contribution in [0.3, 0.4) is 0 Å². The SMILES string of the molecule is C[C@@]12CO[C@H](c3ccccc3)[C@H]1CC[C@]1(C)c3ccc(Br)cc3CC[C@@H]21. The first kappa shape index (κ1) is 17.0. The lowest BCUT2D eigenvalue weighted by Crippen LogP contribution is -2.52. The van der Waals surface area contributed by atoms with Gasteiger partial charge in [-0.15, -0.1) is 0 Å². The topological polar surface area (TPSA) is 9.23 Å². The summed E-state index contributed by atoms with van der Waals surface area (Å²) in [5.74, 6) is 1.34. The molecule has 1 saturated carbocycles. The van der Waals surface area contributed by atoms with Crippen molar-refractivity contribution in [3.05, 3.63) is 69.7 Å². The van der Waals surface area contributed by atoms with Crippen molar-refractivity contribution in [2.75, 3.05) is 6.61 Å². The molecule has 0 aromatic heterocycles. The van der Waals surface area contributed by atoms with E-state index in [1.807, 2.05) is 0 Å². The summed E-state index contributed by atoms with van der Waals surface area (Å²) in [7, 11) is 0. The summed E-state index contributed by atoms with van der Waals surface area (Å²) in [6.45, 7) is 5.96. The van der Waals surface area contributed by atoms with E-state index >= 15 is 0 Å². The number of aryl methyl sites for hydroxylation is 1. The molecule has 2 aromatic rings. The average molecular weight is 411 g/mol. The fourth-order valence-corrected chi connectivity index (χ4v) is 7.01. The van der Waals surface area contributed by atoms with Crippen LogP contribution >= 0.6 is 15.9 Å². The molecule has 0 spiro atoms. The minimum atomic E-state index is 0.275. The summed E-state index contributed by atoms with van der Waals surface area (Å²) in [6, 6.07) is 17.9. The molecular formula is C24H27BrO. The van der Waals surface area contributed by atoms with Crippen molar-refractivity contribution in [1.82, 2.24) is 0 Å². The maximum Gasteiger partial charge on any atom is 0.0859 e. The molecule has 1 aliphatic heterocycles. The van der Waals surface area contributed by atoms with E-state index in [4.69, 9.17) is 4.74 Å². The van der Waals surface area contributed by atoms with Gasteiger partial charge in [0.25, 0.3) is 0 Å². The highest BCUT2D eigenvalue weighted by Gasteiger charge is 2.60. The largest absolute Gasteiger partial charge is 0.373 e. The van der Waals surface area contributed by atoms with Crippen LogP contribution in [0.25, 0.3) is 0 Å². The monoisotopic (exact) mass is 410 g/mol. The van der Waals surface area contributed by atoms with Gasteiger partial charge in [-0.3, -0.25) is 0 Å². The van der Waals surface area contributed by atoms with Gasteiger partial charge in [-0.05, 0) is 71.8 Å². The molecule has 1 saturated heterocycles. The summed E-state index contributed by atoms with van der Waals surface area (Å²) >= 11 is 3.67. The molecule has 3 aliphatic rings. The lowest BCUT2D eigenvalue weighted by Gasteiger charge is -2.56. The van der Waals surface area contributed by atoms with Gasteiger partial charge < -0.3 is 4.74 Å². The second-order valence-electron chi connectivity index (χ2n) is 9.10. The predicted molar refractivity (Wildman–Crippen MR) is 109 cm³/mol. The van der Waals surface area contributed by atoms with Crippen LogP contribution in [-0.4, -0.2) is 6.61 Å². The fourth-order valence-electron chi connectivity index (χ4n) is 6.60. The Balaban J connectivity index is 1.54. The van der Waals surface area contributed by atoms with E-state index in [0.29, 0.717) is 11.8 Å². The molecule has 5 atom stereocenters. The second kappa shape index (κ2) is 5.94. The Morgan fingerprint density at radius 3 is 2.65 bits per heavy atom. The van der Waals surface area contributed by atoms with Crippen molar-refractivity contribution in [2.45, 2.75) is 51.0 Å². The standard InChI is InChI=1S/C24H27BrO/c1-23-13-12-20-22(16-6-4-3-5-7-16)26-15-24(20,2)21(23)11-8-17-14-18(25)9-10-19(17)23/h3-7,9-10,14,20-22H,8,11-13,15H2,1-2H3/t20-,21-,22-,23-,24-/m1/s1. The van der Waals surface area contributed by atoms with Crippen LogP contribution in [0.5, 0.6) is 0 Å². The predicted octanol–water partition coefficient (Wildman–Crippen LogP) is 6.46. The fraction of sp³-hybridized carbons (Fsp3) is 0.500. The Morgan fingerprint density at radius 1 is 1.04 bits per heavy atom. The van der Waals surface area contributed by atoms with Crippen molar-refractivity contribution >= 4 is 15.9 Å². The van der Waals surface area contributed by atoms with Crippen LogP contribution < -0.4 is 0 Å². The van der Waals surface area contributed by atoms with E-state index < -0.39 is 0 Å². The van der Waals surface area contributed by atoms with Crippen LogP contribution in [0, 0.1) is 17.3 Å². The zero-order valence-corrected chi connectivity index (χ0v) is 17.3. The molecule has 0 bridgehead atoms. The molecule has 5 rings (SSSR count). The third kappa shape index (κ3) is 2.31. The van der Waals surface area contributed by atoms with Gasteiger partial charge in [-0.2, -0.15) is 0 Å². The van der Waals surface area contributed by atoms with Gasteiger partial charge >= 0.3 is 0 Å². The molecule has 26 heavy (non-hydrogen) atoms. The lowest BCUT2D eigenvalue weighted by atomic mass is 9.47. The molecule has 1 heterocycles. The van der Waals surface area contributed by atoms with Gasteiger partial charge in [0.05, 0.1) is 12.7 Å². The molecule has 0 N–H and O–H groups in total. The number of rotatable bonds is 1. The highest BCUT2D eigenvalue weighted by Crippen LogP contribution is 2.64. The van der Waals surface area contributed by atoms with Gasteiger partial charge in [0.2, 0.25) is 0 Å². The molecule has 0 radical (unpaired) electrons. The third-order valence-electron chi connectivity index (χ3n) is 7.84. The van der Waals surface area contributed by atoms with Gasteiger partial charge in [0.1, 0.15) is 0 Å². The zero-order chi connectivity index (χ0) is 17.9. The molecule has 2 aromatic carbocycles. The molecule has 2 heteroatoms. The lowest BCUT2D eigenvalue weighted by molar-refractivity contribution is -0.00445. The summed E-state index contributed by atoms with van der Waals surface area (Å²) in [5.41, 5.74) is 5.08. The van der Waals surface area contributed by atoms with E-state index in [-0.39, 0.29) is 16.9 Å². The first-order valence-electron chi connectivity index (χ1n) is 9.98. The summed E-state index contributed by atoms with van der Waals surface area (Å²) < 4.78 is 7.70. The summed E-state index contributed by atoms with van der Waals surface area (Å²) in [4.78, 5) is 0. The zero-order valence-electron chi connectivity index (χ0n) is 15.7. The van der Waals surface area contributed by atoms with Crippen molar-refractivity contribution in [1.29, 1.82) is 0 Å². The van der Waals surface area contributed by atoms with Crippen molar-refractivity contribution in [3.63, 3.8) is 0 Å². The Bertz CT molecular complexity index is 831. The van der Waals surface area contributed by atoms with Gasteiger partial charge in [-0.25, -0.2) is 0 Å². The number of halogens is 1. The van der Waals surface area contributed by atoms with E-state index in [2.05, 4.69) is 78.3 Å². The van der Waals surface area contributed by atoms with Crippen LogP contribution in [0.2, 0.25) is 0 Å². The first-order valence-corrected chi connectivity index (χ1v) is 10.8. The molecule has 0 unspecified atom stereocenters. The van der Waals surface area contributed by atoms with E-state index in [0.717, 1.165) is 6.61 Å². The number of ether oxygens (including phenoxy) is 1. The molecule has 0 amide bonds. The van der Waals surface area contributed by atoms with Crippen molar-refractivity contribution in [3.8, 4) is 0 Å². The highest BCUT2D eigenvalue weighted by atomic mass is 79.9. The van der Waals surface area contributed by atoms with Crippen molar-refractivity contribution < 1.29 is 4.74 Å². The minimum absolute atomic E-state index is 0.275. The Hall–Kier alpha value is -1.12. The van der Waals surface area contributed by atoms with Crippen LogP contribution in [-0.2, 0) is 16.6 Å². The maximum atomic E-state index is 6.48. The van der Waals surface area contributed by atoms with Gasteiger partial charge in [0, 0.05) is 9.89 Å². The molecule has 2 fully saturated rings. The quantitative estimate of drug-likeness (QED) is 0.524. The van der Waals surface area contributed by atoms with Gasteiger partial charge in [0.15, 0.2) is 0 Å². The smallest absolute Gasteiger partial charge is 0.0859 e. The van der Waals surface area contributed by atoms with E-state index in [1.54, 1.807) is 11.1 Å². The van der Waals surface area contributed by atoms with Crippen molar-refractivity contribution in [2.24, 2.45) is 17.3 Å². The maximum absolute atomic E-state index is 6.48. The van der Waals surface area contributed by atoms with Crippen LogP contribution in [0.4, 0.5) is 0 Å². The molecular weight excluding hydrogens is 384 g/mol. The Kier molecular flexibility index (Phi) is 3.89. The summed E-state index contributed by atoms with van der Waals surface area (Å²) in [5, 5.41) is 0. The normalized spacial score (nSPS) is 38.3. The van der Waals surface area contributed by atoms with E-state index in [9.17, 15) is 0 Å². The third-order valence-corrected chi connectivity index (χ3v) is 8.33. The van der Waals surface area contributed by atoms with E-state index in [1.165, 1.54) is 35.7 Å². The molecule has 2 aliphatic carbocycles. The highest BCUT2D eigenvalue weighted by molar-refractivity contribution is 9.10. The average Bonchev–Trinajstić information content (AvgIpc) is 2.99. The van der Waals surface area contributed by atoms with Gasteiger partial charge in [-0.1, -0.05) is 66.2 Å². The first-order chi connectivity index (χ1) is 12.5. The summed E-state index contributed by atoms with van der Waals surface area (Å²) in [6.07, 6.45) is 5.31. The second-order valence-corrected chi connectivity index (χ2v) is 10.0. The number of hydrogen-bond donors (Lipinski definition) is 0. The number of benzene rings is 2. The molecule has 136 valence electrons.